The molecule has 1 N–H and O–H groups in total. The number of ether oxygens (including phenoxy) is 3. The van der Waals surface area contributed by atoms with Crippen molar-refractivity contribution in [1.29, 1.82) is 0 Å². The topological polar surface area (TPSA) is 73.9 Å². The molecule has 23 heavy (non-hydrogen) atoms. The van der Waals surface area contributed by atoms with Crippen molar-refractivity contribution in [3.8, 4) is 5.75 Å². The van der Waals surface area contributed by atoms with Gasteiger partial charge in [-0.05, 0) is 39.8 Å². The van der Waals surface area contributed by atoms with Gasteiger partial charge in [0, 0.05) is 6.42 Å². The Hall–Kier alpha value is -2.24. The van der Waals surface area contributed by atoms with E-state index >= 15 is 0 Å². The van der Waals surface area contributed by atoms with Crippen molar-refractivity contribution in [1.82, 2.24) is 5.32 Å². The maximum absolute atomic E-state index is 11.6. The number of carbonyl (C=O) groups excluding carboxylic acids is 2. The van der Waals surface area contributed by atoms with Crippen molar-refractivity contribution < 1.29 is 23.8 Å². The molecule has 0 bridgehead atoms. The minimum atomic E-state index is -0.644. The van der Waals surface area contributed by atoms with Crippen LogP contribution in [0.1, 0.15) is 34.1 Å². The summed E-state index contributed by atoms with van der Waals surface area (Å²) < 4.78 is 15.7. The van der Waals surface area contributed by atoms with Crippen molar-refractivity contribution >= 4 is 12.1 Å². The van der Waals surface area contributed by atoms with Crippen LogP contribution in [0, 0.1) is 0 Å². The largest absolute Gasteiger partial charge is 0.493 e. The highest BCUT2D eigenvalue weighted by Crippen LogP contribution is 2.09. The van der Waals surface area contributed by atoms with Crippen LogP contribution in [0.5, 0.6) is 5.75 Å². The van der Waals surface area contributed by atoms with Crippen LogP contribution in [-0.2, 0) is 14.3 Å². The van der Waals surface area contributed by atoms with Gasteiger partial charge in [-0.25, -0.2) is 4.79 Å². The zero-order valence-corrected chi connectivity index (χ0v) is 14.1. The molecule has 0 aliphatic heterocycles. The van der Waals surface area contributed by atoms with E-state index in [1.807, 2.05) is 30.3 Å². The molecule has 128 valence electrons. The Labute approximate surface area is 137 Å². The number of hydrogen-bond acceptors (Lipinski definition) is 5. The van der Waals surface area contributed by atoms with Crippen LogP contribution in [0.15, 0.2) is 30.3 Å². The number of carbonyl (C=O) groups is 2. The Kier molecular flexibility index (Phi) is 7.38. The van der Waals surface area contributed by atoms with Gasteiger partial charge in [0.05, 0.1) is 6.61 Å². The van der Waals surface area contributed by atoms with Crippen LogP contribution >= 0.6 is 0 Å². The molecule has 1 rings (SSSR count). The first kappa shape index (κ1) is 18.8. The standard InChI is InChI=1S/C17H25NO5/c1-13(10-11-21-14-8-6-5-7-9-14)22-15(19)12-18-16(20)23-17(2,3)4/h5-9,13H,10-12H2,1-4H3,(H,18,20). The third-order valence-corrected chi connectivity index (χ3v) is 2.64. The van der Waals surface area contributed by atoms with E-state index in [2.05, 4.69) is 5.32 Å². The number of alkyl carbamates (subject to hydrolysis) is 1. The number of esters is 1. The lowest BCUT2D eigenvalue weighted by Gasteiger charge is -2.19. The second kappa shape index (κ2) is 9.02. The van der Waals surface area contributed by atoms with Crippen LogP contribution in [-0.4, -0.2) is 36.9 Å². The highest BCUT2D eigenvalue weighted by molar-refractivity contribution is 5.78. The lowest BCUT2D eigenvalue weighted by molar-refractivity contribution is -0.147. The summed E-state index contributed by atoms with van der Waals surface area (Å²) in [4.78, 5) is 23.0. The fraction of sp³-hybridized carbons (Fsp3) is 0.529. The quantitative estimate of drug-likeness (QED) is 0.781. The van der Waals surface area contributed by atoms with Crippen LogP contribution in [0.2, 0.25) is 0 Å². The first-order valence-electron chi connectivity index (χ1n) is 7.60. The highest BCUT2D eigenvalue weighted by atomic mass is 16.6. The summed E-state index contributed by atoms with van der Waals surface area (Å²) in [6.07, 6.45) is -0.381. The Bertz CT molecular complexity index is 495. The Balaban J connectivity index is 2.17. The summed E-state index contributed by atoms with van der Waals surface area (Å²) in [5, 5.41) is 2.36. The first-order valence-corrected chi connectivity index (χ1v) is 7.60. The van der Waals surface area contributed by atoms with Crippen molar-refractivity contribution in [2.45, 2.75) is 45.8 Å². The van der Waals surface area contributed by atoms with E-state index in [0.29, 0.717) is 13.0 Å². The predicted molar refractivity (Wildman–Crippen MR) is 86.3 cm³/mol. The van der Waals surface area contributed by atoms with Gasteiger partial charge in [-0.2, -0.15) is 0 Å². The number of hydrogen-bond donors (Lipinski definition) is 1. The molecule has 0 radical (unpaired) electrons. The predicted octanol–water partition coefficient (Wildman–Crippen LogP) is 2.91. The van der Waals surface area contributed by atoms with Gasteiger partial charge in [-0.15, -0.1) is 0 Å². The SMILES string of the molecule is CC(CCOc1ccccc1)OC(=O)CNC(=O)OC(C)(C)C. The Morgan fingerprint density at radius 2 is 1.83 bits per heavy atom. The number of amides is 1. The second-order valence-electron chi connectivity index (χ2n) is 6.11. The average molecular weight is 323 g/mol. The summed E-state index contributed by atoms with van der Waals surface area (Å²) in [6.45, 7) is 7.25. The Morgan fingerprint density at radius 1 is 1.17 bits per heavy atom. The van der Waals surface area contributed by atoms with Crippen LogP contribution in [0.25, 0.3) is 0 Å². The molecule has 0 saturated heterocycles. The summed E-state index contributed by atoms with van der Waals surface area (Å²) in [5.74, 6) is 0.265. The Morgan fingerprint density at radius 3 is 2.43 bits per heavy atom. The third-order valence-electron chi connectivity index (χ3n) is 2.64. The van der Waals surface area contributed by atoms with Crippen LogP contribution < -0.4 is 10.1 Å². The molecule has 0 aliphatic rings. The molecule has 0 aromatic heterocycles. The summed E-state index contributed by atoms with van der Waals surface area (Å²) in [7, 11) is 0. The maximum atomic E-state index is 11.6. The number of benzene rings is 1. The third kappa shape index (κ3) is 9.39. The molecule has 1 atom stereocenters. The molecule has 1 aromatic rings. The van der Waals surface area contributed by atoms with Gasteiger partial charge in [0.15, 0.2) is 0 Å². The van der Waals surface area contributed by atoms with Crippen molar-refractivity contribution in [3.63, 3.8) is 0 Å². The van der Waals surface area contributed by atoms with Gasteiger partial charge in [0.1, 0.15) is 24.0 Å². The molecule has 0 saturated carbocycles. The van der Waals surface area contributed by atoms with E-state index in [9.17, 15) is 9.59 Å². The molecule has 0 heterocycles. The van der Waals surface area contributed by atoms with E-state index in [1.165, 1.54) is 0 Å². The summed E-state index contributed by atoms with van der Waals surface area (Å²) in [5.41, 5.74) is -0.601. The van der Waals surface area contributed by atoms with Gasteiger partial charge in [-0.3, -0.25) is 4.79 Å². The van der Waals surface area contributed by atoms with E-state index in [4.69, 9.17) is 14.2 Å². The smallest absolute Gasteiger partial charge is 0.408 e. The molecular formula is C17H25NO5. The molecule has 1 unspecified atom stereocenters. The molecule has 6 nitrogen and oxygen atoms in total. The van der Waals surface area contributed by atoms with Crippen LogP contribution in [0.4, 0.5) is 4.79 Å². The van der Waals surface area contributed by atoms with Gasteiger partial charge in [0.2, 0.25) is 0 Å². The number of nitrogens with one attached hydrogen (secondary N) is 1. The van der Waals surface area contributed by atoms with Gasteiger partial charge in [-0.1, -0.05) is 18.2 Å². The molecule has 1 aromatic carbocycles. The van der Waals surface area contributed by atoms with Crippen molar-refractivity contribution in [3.05, 3.63) is 30.3 Å². The maximum Gasteiger partial charge on any atom is 0.408 e. The molecule has 0 fully saturated rings. The van der Waals surface area contributed by atoms with Crippen LogP contribution in [0.3, 0.4) is 0 Å². The zero-order valence-electron chi connectivity index (χ0n) is 14.1. The van der Waals surface area contributed by atoms with E-state index in [-0.39, 0.29) is 12.6 Å². The van der Waals surface area contributed by atoms with Gasteiger partial charge >= 0.3 is 12.1 Å². The molecule has 0 spiro atoms. The monoisotopic (exact) mass is 323 g/mol. The second-order valence-corrected chi connectivity index (χ2v) is 6.11. The molecular weight excluding hydrogens is 298 g/mol. The summed E-state index contributed by atoms with van der Waals surface area (Å²) >= 11 is 0. The minimum absolute atomic E-state index is 0.223. The van der Waals surface area contributed by atoms with Crippen molar-refractivity contribution in [2.24, 2.45) is 0 Å². The average Bonchev–Trinajstić information content (AvgIpc) is 2.44. The lowest BCUT2D eigenvalue weighted by atomic mass is 10.2. The molecule has 6 heteroatoms. The fourth-order valence-corrected chi connectivity index (χ4v) is 1.64. The lowest BCUT2D eigenvalue weighted by Crippen LogP contribution is -2.36. The highest BCUT2D eigenvalue weighted by Gasteiger charge is 2.17. The van der Waals surface area contributed by atoms with Gasteiger partial charge < -0.3 is 19.5 Å². The first-order chi connectivity index (χ1) is 10.8. The minimum Gasteiger partial charge on any atom is -0.493 e. The normalized spacial score (nSPS) is 12.2. The number of rotatable bonds is 7. The van der Waals surface area contributed by atoms with E-state index < -0.39 is 17.7 Å². The van der Waals surface area contributed by atoms with E-state index in [1.54, 1.807) is 27.7 Å². The fourth-order valence-electron chi connectivity index (χ4n) is 1.64. The molecule has 1 amide bonds. The molecule has 0 aliphatic carbocycles. The van der Waals surface area contributed by atoms with E-state index in [0.717, 1.165) is 5.75 Å². The zero-order chi connectivity index (χ0) is 17.3. The van der Waals surface area contributed by atoms with Crippen molar-refractivity contribution in [2.75, 3.05) is 13.2 Å². The number of para-hydroxylation sites is 1. The van der Waals surface area contributed by atoms with Gasteiger partial charge in [0.25, 0.3) is 0 Å². The summed E-state index contributed by atoms with van der Waals surface area (Å²) in [6, 6.07) is 9.42.